The molecule has 21 heavy (non-hydrogen) atoms. The Labute approximate surface area is 120 Å². The summed E-state index contributed by atoms with van der Waals surface area (Å²) in [6.07, 6.45) is 3.00. The van der Waals surface area contributed by atoms with Crippen molar-refractivity contribution in [2.75, 3.05) is 20.3 Å². The van der Waals surface area contributed by atoms with E-state index in [2.05, 4.69) is 0 Å². The smallest absolute Gasteiger partial charge is 0.257 e. The molecule has 0 aliphatic rings. The van der Waals surface area contributed by atoms with Crippen molar-refractivity contribution in [2.45, 2.75) is 6.54 Å². The minimum Gasteiger partial charge on any atom is -0.472 e. The highest BCUT2D eigenvalue weighted by Gasteiger charge is 2.20. The SMILES string of the molecule is COCCN(Cc1ccoc1)C(=O)c1ccc(F)cc1F. The quantitative estimate of drug-likeness (QED) is 0.823. The Morgan fingerprint density at radius 1 is 1.33 bits per heavy atom. The zero-order valence-corrected chi connectivity index (χ0v) is 11.5. The maximum atomic E-state index is 13.7. The van der Waals surface area contributed by atoms with Crippen molar-refractivity contribution in [3.05, 3.63) is 59.6 Å². The maximum absolute atomic E-state index is 13.7. The Morgan fingerprint density at radius 2 is 2.14 bits per heavy atom. The number of methoxy groups -OCH3 is 1. The fourth-order valence-electron chi connectivity index (χ4n) is 1.89. The Balaban J connectivity index is 2.20. The molecule has 0 saturated carbocycles. The molecule has 0 bridgehead atoms. The van der Waals surface area contributed by atoms with Crippen molar-refractivity contribution in [2.24, 2.45) is 0 Å². The van der Waals surface area contributed by atoms with Crippen LogP contribution in [0.15, 0.2) is 41.2 Å². The van der Waals surface area contributed by atoms with Gasteiger partial charge in [-0.3, -0.25) is 4.79 Å². The van der Waals surface area contributed by atoms with Crippen molar-refractivity contribution in [1.82, 2.24) is 4.90 Å². The second-order valence-electron chi connectivity index (χ2n) is 4.48. The van der Waals surface area contributed by atoms with E-state index in [0.717, 1.165) is 17.7 Å². The third-order valence-electron chi connectivity index (χ3n) is 2.97. The number of amides is 1. The lowest BCUT2D eigenvalue weighted by Gasteiger charge is -2.22. The van der Waals surface area contributed by atoms with Gasteiger partial charge in [-0.05, 0) is 18.2 Å². The van der Waals surface area contributed by atoms with Crippen LogP contribution >= 0.6 is 0 Å². The number of furan rings is 1. The minimum atomic E-state index is -0.880. The molecule has 6 heteroatoms. The van der Waals surface area contributed by atoms with E-state index in [1.165, 1.54) is 24.5 Å². The second kappa shape index (κ2) is 6.99. The summed E-state index contributed by atoms with van der Waals surface area (Å²) in [5.74, 6) is -2.12. The molecular weight excluding hydrogens is 280 g/mol. The van der Waals surface area contributed by atoms with E-state index in [1.54, 1.807) is 6.07 Å². The maximum Gasteiger partial charge on any atom is 0.257 e. The Hall–Kier alpha value is -2.21. The lowest BCUT2D eigenvalue weighted by molar-refractivity contribution is 0.0675. The molecule has 1 amide bonds. The van der Waals surface area contributed by atoms with Crippen LogP contribution in [0.25, 0.3) is 0 Å². The molecule has 0 radical (unpaired) electrons. The number of hydrogen-bond acceptors (Lipinski definition) is 3. The average Bonchev–Trinajstić information content (AvgIpc) is 2.95. The van der Waals surface area contributed by atoms with Crippen molar-refractivity contribution in [3.8, 4) is 0 Å². The van der Waals surface area contributed by atoms with Gasteiger partial charge in [-0.1, -0.05) is 0 Å². The lowest BCUT2D eigenvalue weighted by Crippen LogP contribution is -2.34. The van der Waals surface area contributed by atoms with Gasteiger partial charge in [0.1, 0.15) is 11.6 Å². The van der Waals surface area contributed by atoms with Crippen molar-refractivity contribution >= 4 is 5.91 Å². The molecule has 0 saturated heterocycles. The Kier molecular flexibility index (Phi) is 5.05. The summed E-state index contributed by atoms with van der Waals surface area (Å²) in [5.41, 5.74) is 0.609. The summed E-state index contributed by atoms with van der Waals surface area (Å²) in [6.45, 7) is 0.860. The van der Waals surface area contributed by atoms with Gasteiger partial charge < -0.3 is 14.1 Å². The highest BCUT2D eigenvalue weighted by atomic mass is 19.1. The van der Waals surface area contributed by atoms with E-state index in [0.29, 0.717) is 12.7 Å². The van der Waals surface area contributed by atoms with Crippen molar-refractivity contribution in [3.63, 3.8) is 0 Å². The Bertz CT molecular complexity index is 599. The number of rotatable bonds is 6. The first-order valence-corrected chi connectivity index (χ1v) is 6.36. The molecular formula is C15H15F2NO3. The van der Waals surface area contributed by atoms with Crippen LogP contribution in [0.3, 0.4) is 0 Å². The van der Waals surface area contributed by atoms with Gasteiger partial charge >= 0.3 is 0 Å². The van der Waals surface area contributed by atoms with Gasteiger partial charge in [-0.2, -0.15) is 0 Å². The van der Waals surface area contributed by atoms with Crippen molar-refractivity contribution < 1.29 is 22.7 Å². The summed E-state index contributed by atoms with van der Waals surface area (Å²) in [6, 6.07) is 4.61. The summed E-state index contributed by atoms with van der Waals surface area (Å²) in [4.78, 5) is 13.8. The van der Waals surface area contributed by atoms with E-state index in [9.17, 15) is 13.6 Å². The molecule has 0 aliphatic heterocycles. The largest absolute Gasteiger partial charge is 0.472 e. The Morgan fingerprint density at radius 3 is 2.76 bits per heavy atom. The van der Waals surface area contributed by atoms with Gasteiger partial charge in [0, 0.05) is 31.8 Å². The second-order valence-corrected chi connectivity index (χ2v) is 4.48. The van der Waals surface area contributed by atoms with Gasteiger partial charge in [0.25, 0.3) is 5.91 Å². The van der Waals surface area contributed by atoms with Crippen LogP contribution in [0.1, 0.15) is 15.9 Å². The number of benzene rings is 1. The first-order chi connectivity index (χ1) is 10.1. The highest BCUT2D eigenvalue weighted by Crippen LogP contribution is 2.15. The van der Waals surface area contributed by atoms with Crippen LogP contribution in [-0.2, 0) is 11.3 Å². The van der Waals surface area contributed by atoms with Gasteiger partial charge in [0.2, 0.25) is 0 Å². The summed E-state index contributed by atoms with van der Waals surface area (Å²) < 4.78 is 36.6. The van der Waals surface area contributed by atoms with Crippen LogP contribution in [0.5, 0.6) is 0 Å². The fourth-order valence-corrected chi connectivity index (χ4v) is 1.89. The predicted octanol–water partition coefficient (Wildman–Crippen LogP) is 2.85. The van der Waals surface area contributed by atoms with Gasteiger partial charge in [-0.15, -0.1) is 0 Å². The summed E-state index contributed by atoms with van der Waals surface area (Å²) >= 11 is 0. The summed E-state index contributed by atoms with van der Waals surface area (Å²) in [7, 11) is 1.51. The minimum absolute atomic E-state index is 0.170. The van der Waals surface area contributed by atoms with E-state index in [-0.39, 0.29) is 18.7 Å². The number of halogens is 2. The predicted molar refractivity (Wildman–Crippen MR) is 71.7 cm³/mol. The fraction of sp³-hybridized carbons (Fsp3) is 0.267. The van der Waals surface area contributed by atoms with Crippen molar-refractivity contribution in [1.29, 1.82) is 0 Å². The number of carbonyl (C=O) groups excluding carboxylic acids is 1. The molecule has 0 N–H and O–H groups in total. The first kappa shape index (κ1) is 15.2. The van der Waals surface area contributed by atoms with Crippen LogP contribution in [0.4, 0.5) is 8.78 Å². The molecule has 0 atom stereocenters. The number of nitrogens with zero attached hydrogens (tertiary/aromatic N) is 1. The zero-order chi connectivity index (χ0) is 15.2. The number of carbonyl (C=O) groups is 1. The van der Waals surface area contributed by atoms with Gasteiger partial charge in [0.15, 0.2) is 0 Å². The molecule has 0 fully saturated rings. The molecule has 1 aromatic heterocycles. The van der Waals surface area contributed by atoms with Crippen LogP contribution < -0.4 is 0 Å². The molecule has 4 nitrogen and oxygen atoms in total. The van der Waals surface area contributed by atoms with Gasteiger partial charge in [0.05, 0.1) is 24.7 Å². The number of ether oxygens (including phenoxy) is 1. The average molecular weight is 295 g/mol. The number of hydrogen-bond donors (Lipinski definition) is 0. The standard InChI is InChI=1S/C15H15F2NO3/c1-20-7-5-18(9-11-4-6-21-10-11)15(19)13-3-2-12(16)8-14(13)17/h2-4,6,8,10H,5,7,9H2,1H3. The normalized spacial score (nSPS) is 10.6. The van der Waals surface area contributed by atoms with Crippen LogP contribution in [-0.4, -0.2) is 31.1 Å². The van der Waals surface area contributed by atoms with Gasteiger partial charge in [-0.25, -0.2) is 8.78 Å². The molecule has 2 aromatic rings. The van der Waals surface area contributed by atoms with E-state index in [1.807, 2.05) is 0 Å². The molecule has 0 spiro atoms. The van der Waals surface area contributed by atoms with Crippen LogP contribution in [0.2, 0.25) is 0 Å². The van der Waals surface area contributed by atoms with E-state index in [4.69, 9.17) is 9.15 Å². The third-order valence-corrected chi connectivity index (χ3v) is 2.97. The van der Waals surface area contributed by atoms with Crippen LogP contribution in [0, 0.1) is 11.6 Å². The monoisotopic (exact) mass is 295 g/mol. The molecule has 0 aliphatic carbocycles. The highest BCUT2D eigenvalue weighted by molar-refractivity contribution is 5.94. The summed E-state index contributed by atoms with van der Waals surface area (Å²) in [5, 5.41) is 0. The molecule has 2 rings (SSSR count). The first-order valence-electron chi connectivity index (χ1n) is 6.36. The molecule has 112 valence electrons. The third kappa shape index (κ3) is 3.88. The van der Waals surface area contributed by atoms with E-state index < -0.39 is 17.5 Å². The van der Waals surface area contributed by atoms with E-state index >= 15 is 0 Å². The molecule has 1 aromatic carbocycles. The topological polar surface area (TPSA) is 42.7 Å². The molecule has 0 unspecified atom stereocenters. The lowest BCUT2D eigenvalue weighted by atomic mass is 10.1. The zero-order valence-electron chi connectivity index (χ0n) is 11.5. The molecule has 1 heterocycles.